The van der Waals surface area contributed by atoms with Crippen LogP contribution in [0.4, 0.5) is 0 Å². The molecule has 0 spiro atoms. The standard InChI is InChI=1S/C10H11N5O2/c1-17-8-4-2-3-7(5-8)10-12-14-15(13-10)6-9(11)16/h2-5H,6H2,1H3,(H2,11,16). The van der Waals surface area contributed by atoms with Crippen LogP contribution in [0.3, 0.4) is 0 Å². The zero-order chi connectivity index (χ0) is 12.3. The van der Waals surface area contributed by atoms with Crippen LogP contribution in [0, 0.1) is 0 Å². The third kappa shape index (κ3) is 2.57. The second-order valence-corrected chi connectivity index (χ2v) is 3.34. The Morgan fingerprint density at radius 1 is 1.53 bits per heavy atom. The molecule has 1 aromatic heterocycles. The molecule has 1 aromatic carbocycles. The summed E-state index contributed by atoms with van der Waals surface area (Å²) < 4.78 is 5.09. The maximum Gasteiger partial charge on any atom is 0.241 e. The molecular formula is C10H11N5O2. The molecule has 0 aliphatic heterocycles. The van der Waals surface area contributed by atoms with Crippen LogP contribution in [-0.2, 0) is 11.3 Å². The maximum atomic E-state index is 10.7. The van der Waals surface area contributed by atoms with Crippen molar-refractivity contribution in [3.63, 3.8) is 0 Å². The van der Waals surface area contributed by atoms with E-state index in [2.05, 4.69) is 15.4 Å². The molecule has 2 rings (SSSR count). The van der Waals surface area contributed by atoms with Crippen molar-refractivity contribution in [2.45, 2.75) is 6.54 Å². The molecular weight excluding hydrogens is 222 g/mol. The Bertz CT molecular complexity index is 537. The number of primary amides is 1. The lowest BCUT2D eigenvalue weighted by molar-refractivity contribution is -0.118. The number of hydrogen-bond donors (Lipinski definition) is 1. The van der Waals surface area contributed by atoms with Crippen molar-refractivity contribution >= 4 is 5.91 Å². The van der Waals surface area contributed by atoms with E-state index in [9.17, 15) is 4.79 Å². The van der Waals surface area contributed by atoms with Crippen molar-refractivity contribution in [2.75, 3.05) is 7.11 Å². The number of aromatic nitrogens is 4. The summed E-state index contributed by atoms with van der Waals surface area (Å²) in [7, 11) is 1.58. The predicted molar refractivity (Wildman–Crippen MR) is 59.0 cm³/mol. The van der Waals surface area contributed by atoms with Crippen molar-refractivity contribution in [1.29, 1.82) is 0 Å². The molecule has 0 saturated carbocycles. The monoisotopic (exact) mass is 233 g/mol. The Morgan fingerprint density at radius 2 is 2.35 bits per heavy atom. The maximum absolute atomic E-state index is 10.7. The Morgan fingerprint density at radius 3 is 3.06 bits per heavy atom. The molecule has 1 amide bonds. The lowest BCUT2D eigenvalue weighted by Crippen LogP contribution is -2.20. The fraction of sp³-hybridized carbons (Fsp3) is 0.200. The third-order valence-corrected chi connectivity index (χ3v) is 2.08. The topological polar surface area (TPSA) is 95.9 Å². The minimum Gasteiger partial charge on any atom is -0.497 e. The van der Waals surface area contributed by atoms with Crippen LogP contribution in [-0.4, -0.2) is 33.2 Å². The second kappa shape index (κ2) is 4.60. The highest BCUT2D eigenvalue weighted by atomic mass is 16.5. The van der Waals surface area contributed by atoms with Crippen LogP contribution in [0.15, 0.2) is 24.3 Å². The molecule has 2 N–H and O–H groups in total. The first-order chi connectivity index (χ1) is 8.19. The summed E-state index contributed by atoms with van der Waals surface area (Å²) in [4.78, 5) is 11.8. The average Bonchev–Trinajstić information content (AvgIpc) is 2.77. The van der Waals surface area contributed by atoms with Gasteiger partial charge in [0.2, 0.25) is 11.7 Å². The van der Waals surface area contributed by atoms with Crippen molar-refractivity contribution < 1.29 is 9.53 Å². The van der Waals surface area contributed by atoms with Gasteiger partial charge in [-0.1, -0.05) is 12.1 Å². The van der Waals surface area contributed by atoms with Gasteiger partial charge in [-0.25, -0.2) is 0 Å². The van der Waals surface area contributed by atoms with Crippen LogP contribution in [0.5, 0.6) is 5.75 Å². The first-order valence-corrected chi connectivity index (χ1v) is 4.89. The quantitative estimate of drug-likeness (QED) is 0.791. The fourth-order valence-electron chi connectivity index (χ4n) is 1.33. The van der Waals surface area contributed by atoms with E-state index in [0.717, 1.165) is 10.4 Å². The van der Waals surface area contributed by atoms with Gasteiger partial charge in [0.25, 0.3) is 0 Å². The van der Waals surface area contributed by atoms with E-state index in [0.29, 0.717) is 11.6 Å². The number of benzene rings is 1. The van der Waals surface area contributed by atoms with E-state index in [1.807, 2.05) is 18.2 Å². The summed E-state index contributed by atoms with van der Waals surface area (Å²) in [6.07, 6.45) is 0. The molecule has 0 unspecified atom stereocenters. The summed E-state index contributed by atoms with van der Waals surface area (Å²) in [5, 5.41) is 11.6. The lowest BCUT2D eigenvalue weighted by atomic mass is 10.2. The van der Waals surface area contributed by atoms with Crippen LogP contribution >= 0.6 is 0 Å². The Labute approximate surface area is 97.2 Å². The van der Waals surface area contributed by atoms with E-state index in [1.165, 1.54) is 0 Å². The summed E-state index contributed by atoms with van der Waals surface area (Å²) >= 11 is 0. The largest absolute Gasteiger partial charge is 0.497 e. The van der Waals surface area contributed by atoms with Gasteiger partial charge < -0.3 is 10.5 Å². The molecule has 0 aliphatic rings. The van der Waals surface area contributed by atoms with E-state index >= 15 is 0 Å². The normalized spacial score (nSPS) is 10.2. The molecule has 7 nitrogen and oxygen atoms in total. The summed E-state index contributed by atoms with van der Waals surface area (Å²) in [6.45, 7) is -0.0863. The van der Waals surface area contributed by atoms with Gasteiger partial charge in [-0.15, -0.1) is 10.2 Å². The van der Waals surface area contributed by atoms with E-state index in [1.54, 1.807) is 13.2 Å². The number of carbonyl (C=O) groups excluding carboxylic acids is 1. The number of ether oxygens (including phenoxy) is 1. The van der Waals surface area contributed by atoms with E-state index in [4.69, 9.17) is 10.5 Å². The SMILES string of the molecule is COc1cccc(-c2nnn(CC(N)=O)n2)c1. The lowest BCUT2D eigenvalue weighted by Gasteiger charge is -1.99. The number of hydrogen-bond acceptors (Lipinski definition) is 5. The molecule has 7 heteroatoms. The minimum atomic E-state index is -0.514. The number of carbonyl (C=O) groups is 1. The van der Waals surface area contributed by atoms with Crippen LogP contribution < -0.4 is 10.5 Å². The third-order valence-electron chi connectivity index (χ3n) is 2.08. The van der Waals surface area contributed by atoms with Gasteiger partial charge in [-0.2, -0.15) is 4.80 Å². The van der Waals surface area contributed by atoms with Crippen molar-refractivity contribution in [3.8, 4) is 17.1 Å². The molecule has 0 radical (unpaired) electrons. The molecule has 0 bridgehead atoms. The molecule has 17 heavy (non-hydrogen) atoms. The Hall–Kier alpha value is -2.44. The summed E-state index contributed by atoms with van der Waals surface area (Å²) in [6, 6.07) is 7.25. The van der Waals surface area contributed by atoms with E-state index < -0.39 is 5.91 Å². The number of tetrazole rings is 1. The Kier molecular flexibility index (Phi) is 2.99. The number of methoxy groups -OCH3 is 1. The van der Waals surface area contributed by atoms with Gasteiger partial charge in [-0.05, 0) is 17.3 Å². The highest BCUT2D eigenvalue weighted by Gasteiger charge is 2.07. The molecule has 1 heterocycles. The van der Waals surface area contributed by atoms with Crippen LogP contribution in [0.2, 0.25) is 0 Å². The van der Waals surface area contributed by atoms with Gasteiger partial charge in [0.05, 0.1) is 7.11 Å². The average molecular weight is 233 g/mol. The molecule has 0 saturated heterocycles. The first kappa shape index (κ1) is 11.1. The second-order valence-electron chi connectivity index (χ2n) is 3.34. The number of amides is 1. The van der Waals surface area contributed by atoms with Gasteiger partial charge in [0, 0.05) is 5.56 Å². The zero-order valence-electron chi connectivity index (χ0n) is 9.20. The molecule has 0 aliphatic carbocycles. The van der Waals surface area contributed by atoms with Crippen LogP contribution in [0.1, 0.15) is 0 Å². The van der Waals surface area contributed by atoms with Gasteiger partial charge in [-0.3, -0.25) is 4.79 Å². The van der Waals surface area contributed by atoms with Crippen molar-refractivity contribution in [3.05, 3.63) is 24.3 Å². The fourth-order valence-corrected chi connectivity index (χ4v) is 1.33. The molecule has 0 atom stereocenters. The highest BCUT2D eigenvalue weighted by molar-refractivity contribution is 5.73. The van der Waals surface area contributed by atoms with Crippen molar-refractivity contribution in [2.24, 2.45) is 5.73 Å². The first-order valence-electron chi connectivity index (χ1n) is 4.89. The zero-order valence-corrected chi connectivity index (χ0v) is 9.20. The van der Waals surface area contributed by atoms with Crippen LogP contribution in [0.25, 0.3) is 11.4 Å². The number of nitrogens with zero attached hydrogens (tertiary/aromatic N) is 4. The molecule has 0 fully saturated rings. The smallest absolute Gasteiger partial charge is 0.241 e. The van der Waals surface area contributed by atoms with Gasteiger partial charge >= 0.3 is 0 Å². The Balaban J connectivity index is 2.26. The van der Waals surface area contributed by atoms with Crippen molar-refractivity contribution in [1.82, 2.24) is 20.2 Å². The van der Waals surface area contributed by atoms with E-state index in [-0.39, 0.29) is 6.54 Å². The molecule has 88 valence electrons. The minimum absolute atomic E-state index is 0.0863. The summed E-state index contributed by atoms with van der Waals surface area (Å²) in [5.41, 5.74) is 5.79. The highest BCUT2D eigenvalue weighted by Crippen LogP contribution is 2.19. The summed E-state index contributed by atoms with van der Waals surface area (Å²) in [5.74, 6) is 0.610. The van der Waals surface area contributed by atoms with Gasteiger partial charge in [0.1, 0.15) is 12.3 Å². The number of rotatable bonds is 4. The predicted octanol–water partition coefficient (Wildman–Crippen LogP) is -0.166. The van der Waals surface area contributed by atoms with Gasteiger partial charge in [0.15, 0.2) is 0 Å². The molecule has 2 aromatic rings. The number of nitrogens with two attached hydrogens (primary N) is 1.